The number of hydrogen-bond acceptors (Lipinski definition) is 5. The van der Waals surface area contributed by atoms with Crippen molar-refractivity contribution in [1.29, 1.82) is 0 Å². The zero-order valence-electron chi connectivity index (χ0n) is 11.0. The Hall–Kier alpha value is -0.930. The molecule has 1 aliphatic heterocycles. The molecule has 8 heteroatoms. The number of ether oxygens (including phenoxy) is 1. The van der Waals surface area contributed by atoms with Crippen molar-refractivity contribution in [3.8, 4) is 0 Å². The van der Waals surface area contributed by atoms with E-state index in [2.05, 4.69) is 15.1 Å². The van der Waals surface area contributed by atoms with E-state index in [1.165, 1.54) is 6.20 Å². The van der Waals surface area contributed by atoms with Crippen LogP contribution < -0.4 is 10.1 Å². The molecule has 2 rings (SSSR count). The molecule has 1 aliphatic rings. The largest absolute Gasteiger partial charge is 0.379 e. The third-order valence-corrected chi connectivity index (χ3v) is 4.21. The highest BCUT2D eigenvalue weighted by atomic mass is 32.2. The van der Waals surface area contributed by atoms with E-state index < -0.39 is 10.0 Å². The van der Waals surface area contributed by atoms with Crippen molar-refractivity contribution in [3.63, 3.8) is 0 Å². The summed E-state index contributed by atoms with van der Waals surface area (Å²) in [6.07, 6.45) is 1.51. The molecule has 0 atom stereocenters. The van der Waals surface area contributed by atoms with E-state index in [1.54, 1.807) is 11.1 Å². The van der Waals surface area contributed by atoms with Crippen molar-refractivity contribution in [2.24, 2.45) is 0 Å². The van der Waals surface area contributed by atoms with Crippen molar-refractivity contribution < 1.29 is 13.2 Å². The first kappa shape index (κ1) is 14.5. The van der Waals surface area contributed by atoms with Gasteiger partial charge in [0.1, 0.15) is 4.90 Å². The number of hydrogen-bond donors (Lipinski definition) is 3. The van der Waals surface area contributed by atoms with Crippen LogP contribution in [0, 0.1) is 0 Å². The maximum atomic E-state index is 12.2. The molecule has 2 heterocycles. The molecule has 0 aliphatic carbocycles. The van der Waals surface area contributed by atoms with E-state index in [0.717, 1.165) is 12.2 Å². The standard InChI is InChI=1S/C11H20N4O3S/c1-2-12-8-10-7-11(9-13-10)19(16,17)14-15-3-5-18-6-4-15/h7,9,12-14H,2-6,8H2,1H3. The first-order valence-corrected chi connectivity index (χ1v) is 7.83. The van der Waals surface area contributed by atoms with Crippen LogP contribution in [0.5, 0.6) is 0 Å². The Kier molecular flexibility index (Phi) is 4.94. The molecule has 0 saturated carbocycles. The molecule has 0 aromatic carbocycles. The second-order valence-electron chi connectivity index (χ2n) is 4.34. The van der Waals surface area contributed by atoms with E-state index in [-0.39, 0.29) is 4.90 Å². The summed E-state index contributed by atoms with van der Waals surface area (Å²) in [5, 5.41) is 4.80. The van der Waals surface area contributed by atoms with Gasteiger partial charge in [0.2, 0.25) is 0 Å². The third-order valence-electron chi connectivity index (χ3n) is 2.85. The van der Waals surface area contributed by atoms with Crippen molar-refractivity contribution in [1.82, 2.24) is 20.1 Å². The number of nitrogens with one attached hydrogen (secondary N) is 3. The lowest BCUT2D eigenvalue weighted by molar-refractivity contribution is 0.0272. The van der Waals surface area contributed by atoms with Crippen molar-refractivity contribution >= 4 is 10.0 Å². The normalized spacial score (nSPS) is 17.7. The Morgan fingerprint density at radius 3 is 2.84 bits per heavy atom. The minimum absolute atomic E-state index is 0.256. The van der Waals surface area contributed by atoms with Crippen LogP contribution in [0.3, 0.4) is 0 Å². The molecule has 108 valence electrons. The quantitative estimate of drug-likeness (QED) is 0.666. The van der Waals surface area contributed by atoms with Gasteiger partial charge in [0.25, 0.3) is 10.0 Å². The van der Waals surface area contributed by atoms with E-state index in [0.29, 0.717) is 32.8 Å². The molecule has 0 radical (unpaired) electrons. The number of aromatic nitrogens is 1. The van der Waals surface area contributed by atoms with Gasteiger partial charge in [0.05, 0.1) is 13.2 Å². The van der Waals surface area contributed by atoms with Gasteiger partial charge in [-0.3, -0.25) is 0 Å². The molecular weight excluding hydrogens is 268 g/mol. The summed E-state index contributed by atoms with van der Waals surface area (Å²) in [7, 11) is -3.50. The maximum Gasteiger partial charge on any atom is 0.254 e. The predicted molar refractivity (Wildman–Crippen MR) is 70.9 cm³/mol. The van der Waals surface area contributed by atoms with Crippen LogP contribution >= 0.6 is 0 Å². The Morgan fingerprint density at radius 2 is 2.16 bits per heavy atom. The summed E-state index contributed by atoms with van der Waals surface area (Å²) in [6.45, 7) is 5.68. The van der Waals surface area contributed by atoms with Gasteiger partial charge in [-0.1, -0.05) is 6.92 Å². The molecule has 0 unspecified atom stereocenters. The molecule has 1 aromatic heterocycles. The van der Waals surface area contributed by atoms with E-state index >= 15 is 0 Å². The van der Waals surface area contributed by atoms with Crippen LogP contribution in [0.25, 0.3) is 0 Å². The fraction of sp³-hybridized carbons (Fsp3) is 0.636. The first-order valence-electron chi connectivity index (χ1n) is 6.35. The van der Waals surface area contributed by atoms with Crippen molar-refractivity contribution in [2.45, 2.75) is 18.4 Å². The van der Waals surface area contributed by atoms with Gasteiger partial charge in [-0.2, -0.15) is 0 Å². The molecule has 0 bridgehead atoms. The van der Waals surface area contributed by atoms with Crippen LogP contribution in [0.15, 0.2) is 17.2 Å². The number of hydrazine groups is 1. The minimum atomic E-state index is -3.50. The monoisotopic (exact) mass is 288 g/mol. The SMILES string of the molecule is CCNCc1cc(S(=O)(=O)NN2CCOCC2)c[nH]1. The lowest BCUT2D eigenvalue weighted by Gasteiger charge is -2.26. The van der Waals surface area contributed by atoms with Crippen molar-refractivity contribution in [2.75, 3.05) is 32.8 Å². The van der Waals surface area contributed by atoms with Gasteiger partial charge in [-0.25, -0.2) is 13.4 Å². The van der Waals surface area contributed by atoms with Gasteiger partial charge in [0, 0.05) is 31.5 Å². The number of aromatic amines is 1. The topological polar surface area (TPSA) is 86.5 Å². The molecular formula is C11H20N4O3S. The van der Waals surface area contributed by atoms with E-state index in [9.17, 15) is 8.42 Å². The summed E-state index contributed by atoms with van der Waals surface area (Å²) >= 11 is 0. The smallest absolute Gasteiger partial charge is 0.254 e. The second kappa shape index (κ2) is 6.49. The molecule has 0 amide bonds. The molecule has 3 N–H and O–H groups in total. The first-order chi connectivity index (χ1) is 9.12. The molecule has 0 spiro atoms. The molecule has 19 heavy (non-hydrogen) atoms. The highest BCUT2D eigenvalue weighted by Gasteiger charge is 2.21. The Bertz CT molecular complexity index is 494. The van der Waals surface area contributed by atoms with E-state index in [4.69, 9.17) is 4.74 Å². The fourth-order valence-electron chi connectivity index (χ4n) is 1.81. The Labute approximate surface area is 113 Å². The molecule has 1 aromatic rings. The number of nitrogens with zero attached hydrogens (tertiary/aromatic N) is 1. The lowest BCUT2D eigenvalue weighted by Crippen LogP contribution is -2.48. The summed E-state index contributed by atoms with van der Waals surface area (Å²) < 4.78 is 29.5. The van der Waals surface area contributed by atoms with Crippen LogP contribution in [0.4, 0.5) is 0 Å². The molecule has 1 saturated heterocycles. The lowest BCUT2D eigenvalue weighted by atomic mass is 10.4. The van der Waals surface area contributed by atoms with Gasteiger partial charge in [-0.05, 0) is 12.6 Å². The molecule has 1 fully saturated rings. The zero-order chi connectivity index (χ0) is 13.7. The Balaban J connectivity index is 1.99. The highest BCUT2D eigenvalue weighted by Crippen LogP contribution is 2.11. The van der Waals surface area contributed by atoms with Crippen LogP contribution in [0.2, 0.25) is 0 Å². The van der Waals surface area contributed by atoms with Gasteiger partial charge in [-0.15, -0.1) is 4.83 Å². The van der Waals surface area contributed by atoms with Crippen LogP contribution in [-0.4, -0.2) is 51.3 Å². The number of sulfonamides is 1. The summed E-state index contributed by atoms with van der Waals surface area (Å²) in [6, 6.07) is 1.64. The third kappa shape index (κ3) is 4.02. The number of rotatable bonds is 6. The molecule has 7 nitrogen and oxygen atoms in total. The summed E-state index contributed by atoms with van der Waals surface area (Å²) in [5.41, 5.74) is 0.851. The van der Waals surface area contributed by atoms with Crippen LogP contribution in [0.1, 0.15) is 12.6 Å². The maximum absolute atomic E-state index is 12.2. The van der Waals surface area contributed by atoms with Gasteiger partial charge in [0.15, 0.2) is 0 Å². The average Bonchev–Trinajstić information content (AvgIpc) is 2.86. The summed E-state index contributed by atoms with van der Waals surface area (Å²) in [4.78, 5) is 5.78. The average molecular weight is 288 g/mol. The Morgan fingerprint density at radius 1 is 1.42 bits per heavy atom. The van der Waals surface area contributed by atoms with Gasteiger partial charge >= 0.3 is 0 Å². The summed E-state index contributed by atoms with van der Waals surface area (Å²) in [5.74, 6) is 0. The zero-order valence-corrected chi connectivity index (χ0v) is 11.8. The number of morpholine rings is 1. The minimum Gasteiger partial charge on any atom is -0.379 e. The predicted octanol–water partition coefficient (Wildman–Crippen LogP) is -0.350. The van der Waals surface area contributed by atoms with E-state index in [1.807, 2.05) is 6.92 Å². The number of H-pyrrole nitrogens is 1. The van der Waals surface area contributed by atoms with Crippen molar-refractivity contribution in [3.05, 3.63) is 18.0 Å². The highest BCUT2D eigenvalue weighted by molar-refractivity contribution is 7.89. The fourth-order valence-corrected chi connectivity index (χ4v) is 2.95. The van der Waals surface area contributed by atoms with Gasteiger partial charge < -0.3 is 15.0 Å². The second-order valence-corrected chi connectivity index (χ2v) is 6.00. The van der Waals surface area contributed by atoms with Crippen LogP contribution in [-0.2, 0) is 21.3 Å².